The highest BCUT2D eigenvalue weighted by Gasteiger charge is 2.25. The van der Waals surface area contributed by atoms with Gasteiger partial charge in [0.15, 0.2) is 0 Å². The lowest BCUT2D eigenvalue weighted by atomic mass is 9.96. The minimum atomic E-state index is -2.94. The molecule has 0 saturated carbocycles. The number of hydrogen-bond acceptors (Lipinski definition) is 4. The normalized spacial score (nSPS) is 10.1. The molecule has 0 bridgehead atoms. The van der Waals surface area contributed by atoms with Crippen molar-refractivity contribution in [2.24, 2.45) is 5.73 Å². The van der Waals surface area contributed by atoms with Crippen LogP contribution in [0.4, 0.5) is 8.78 Å². The minimum Gasteiger partial charge on any atom is -0.465 e. The second kappa shape index (κ2) is 5.37. The van der Waals surface area contributed by atoms with E-state index in [-0.39, 0.29) is 23.2 Å². The molecule has 0 heterocycles. The Bertz CT molecular complexity index is 481. The van der Waals surface area contributed by atoms with E-state index in [1.165, 1.54) is 12.1 Å². The average molecular weight is 240 g/mol. The second-order valence-corrected chi connectivity index (χ2v) is 3.17. The zero-order chi connectivity index (χ0) is 13.0. The molecular weight excluding hydrogens is 230 g/mol. The molecule has 6 heteroatoms. The van der Waals surface area contributed by atoms with Crippen LogP contribution in [0.5, 0.6) is 0 Å². The van der Waals surface area contributed by atoms with Crippen molar-refractivity contribution in [1.82, 2.24) is 0 Å². The minimum absolute atomic E-state index is 0.0874. The van der Waals surface area contributed by atoms with Gasteiger partial charge in [-0.1, -0.05) is 6.07 Å². The van der Waals surface area contributed by atoms with Gasteiger partial charge < -0.3 is 10.5 Å². The first-order chi connectivity index (χ1) is 8.06. The summed E-state index contributed by atoms with van der Waals surface area (Å²) in [6, 6.07) is 4.21. The monoisotopic (exact) mass is 240 g/mol. The molecule has 90 valence electrons. The van der Waals surface area contributed by atoms with Crippen LogP contribution < -0.4 is 5.73 Å². The van der Waals surface area contributed by atoms with Gasteiger partial charge in [0.1, 0.15) is 0 Å². The summed E-state index contributed by atoms with van der Waals surface area (Å²) in [7, 11) is 1.08. The van der Waals surface area contributed by atoms with Gasteiger partial charge in [-0.15, -0.1) is 0 Å². The number of benzene rings is 1. The van der Waals surface area contributed by atoms with Crippen molar-refractivity contribution in [3.63, 3.8) is 0 Å². The van der Waals surface area contributed by atoms with Crippen LogP contribution in [-0.4, -0.2) is 13.1 Å². The molecular formula is C11H10F2N2O2. The third-order valence-electron chi connectivity index (χ3n) is 2.28. The molecule has 1 aromatic carbocycles. The summed E-state index contributed by atoms with van der Waals surface area (Å²) in [5.41, 5.74) is 4.41. The fourth-order valence-electron chi connectivity index (χ4n) is 1.50. The number of hydrogen-bond donors (Lipinski definition) is 1. The Morgan fingerprint density at radius 1 is 1.59 bits per heavy atom. The Morgan fingerprint density at radius 3 is 2.65 bits per heavy atom. The van der Waals surface area contributed by atoms with Gasteiger partial charge in [0, 0.05) is 6.54 Å². The number of halogens is 2. The van der Waals surface area contributed by atoms with Crippen molar-refractivity contribution in [3.8, 4) is 6.07 Å². The van der Waals surface area contributed by atoms with Gasteiger partial charge in [0.25, 0.3) is 6.43 Å². The fraction of sp³-hybridized carbons (Fsp3) is 0.273. The van der Waals surface area contributed by atoms with Crippen LogP contribution in [-0.2, 0) is 11.3 Å². The molecule has 0 amide bonds. The second-order valence-electron chi connectivity index (χ2n) is 3.17. The summed E-state index contributed by atoms with van der Waals surface area (Å²) >= 11 is 0. The van der Waals surface area contributed by atoms with E-state index < -0.39 is 18.0 Å². The number of nitriles is 1. The third-order valence-corrected chi connectivity index (χ3v) is 2.28. The first-order valence-corrected chi connectivity index (χ1v) is 4.69. The molecule has 0 spiro atoms. The van der Waals surface area contributed by atoms with E-state index in [4.69, 9.17) is 11.0 Å². The van der Waals surface area contributed by atoms with Crippen LogP contribution in [0.15, 0.2) is 12.1 Å². The summed E-state index contributed by atoms with van der Waals surface area (Å²) in [5.74, 6) is -0.919. The van der Waals surface area contributed by atoms with Crippen LogP contribution in [0, 0.1) is 11.3 Å². The fourth-order valence-corrected chi connectivity index (χ4v) is 1.50. The molecule has 0 radical (unpaired) electrons. The number of rotatable bonds is 3. The topological polar surface area (TPSA) is 76.1 Å². The average Bonchev–Trinajstić information content (AvgIpc) is 2.35. The number of nitrogens with zero attached hydrogens (tertiary/aromatic N) is 1. The highest BCUT2D eigenvalue weighted by molar-refractivity contribution is 5.93. The number of carbonyl (C=O) groups excluding carboxylic acids is 1. The molecule has 2 N–H and O–H groups in total. The van der Waals surface area contributed by atoms with Crippen LogP contribution in [0.2, 0.25) is 0 Å². The van der Waals surface area contributed by atoms with Crippen molar-refractivity contribution >= 4 is 5.97 Å². The third kappa shape index (κ3) is 2.40. The van der Waals surface area contributed by atoms with Crippen molar-refractivity contribution < 1.29 is 18.3 Å². The van der Waals surface area contributed by atoms with E-state index in [0.29, 0.717) is 0 Å². The van der Waals surface area contributed by atoms with Crippen molar-refractivity contribution in [2.45, 2.75) is 13.0 Å². The van der Waals surface area contributed by atoms with Crippen LogP contribution in [0.3, 0.4) is 0 Å². The number of carbonyl (C=O) groups is 1. The predicted octanol–water partition coefficient (Wildman–Crippen LogP) is 1.74. The number of ether oxygens (including phenoxy) is 1. The van der Waals surface area contributed by atoms with Gasteiger partial charge in [-0.2, -0.15) is 5.26 Å². The number of alkyl halides is 2. The van der Waals surface area contributed by atoms with Gasteiger partial charge >= 0.3 is 5.97 Å². The number of nitrogens with two attached hydrogens (primary N) is 1. The lowest BCUT2D eigenvalue weighted by Gasteiger charge is -2.12. The Hall–Kier alpha value is -2.00. The zero-order valence-electron chi connectivity index (χ0n) is 9.04. The van der Waals surface area contributed by atoms with Gasteiger partial charge in [0.05, 0.1) is 29.9 Å². The molecule has 0 fully saturated rings. The standard InChI is InChI=1S/C11H10F2N2O2/c1-17-11(16)9-7(5-15)3-2-6(4-14)8(9)10(12)13/h2-3,10H,5,15H2,1H3. The van der Waals surface area contributed by atoms with Crippen molar-refractivity contribution in [3.05, 3.63) is 34.4 Å². The first-order valence-electron chi connectivity index (χ1n) is 4.69. The van der Waals surface area contributed by atoms with Crippen molar-refractivity contribution in [2.75, 3.05) is 7.11 Å². The van der Waals surface area contributed by atoms with E-state index in [0.717, 1.165) is 7.11 Å². The molecule has 0 unspecified atom stereocenters. The largest absolute Gasteiger partial charge is 0.465 e. The molecule has 4 nitrogen and oxygen atoms in total. The lowest BCUT2D eigenvalue weighted by Crippen LogP contribution is -2.14. The summed E-state index contributed by atoms with van der Waals surface area (Å²) in [6.45, 7) is -0.0874. The van der Waals surface area contributed by atoms with Crippen molar-refractivity contribution in [1.29, 1.82) is 5.26 Å². The van der Waals surface area contributed by atoms with Crippen LogP contribution >= 0.6 is 0 Å². The molecule has 0 aliphatic carbocycles. The van der Waals surface area contributed by atoms with E-state index in [1.54, 1.807) is 6.07 Å². The van der Waals surface area contributed by atoms with E-state index >= 15 is 0 Å². The van der Waals surface area contributed by atoms with Gasteiger partial charge in [0.2, 0.25) is 0 Å². The molecule has 0 saturated heterocycles. The predicted molar refractivity (Wildman–Crippen MR) is 55.3 cm³/mol. The molecule has 1 rings (SSSR count). The lowest BCUT2D eigenvalue weighted by molar-refractivity contribution is 0.0587. The summed E-state index contributed by atoms with van der Waals surface area (Å²) < 4.78 is 30.2. The first kappa shape index (κ1) is 13.1. The van der Waals surface area contributed by atoms with Gasteiger partial charge in [-0.05, 0) is 11.6 Å². The Balaban J connectivity index is 3.59. The highest BCUT2D eigenvalue weighted by atomic mass is 19.3. The molecule has 1 aromatic rings. The smallest absolute Gasteiger partial charge is 0.338 e. The Morgan fingerprint density at radius 2 is 2.24 bits per heavy atom. The SMILES string of the molecule is COC(=O)c1c(CN)ccc(C#N)c1C(F)F. The molecule has 0 aromatic heterocycles. The van der Waals surface area contributed by atoms with E-state index in [9.17, 15) is 13.6 Å². The molecule has 0 atom stereocenters. The highest BCUT2D eigenvalue weighted by Crippen LogP contribution is 2.29. The van der Waals surface area contributed by atoms with Crippen LogP contribution in [0.25, 0.3) is 0 Å². The Kier molecular flexibility index (Phi) is 4.12. The summed E-state index contributed by atoms with van der Waals surface area (Å²) in [5, 5.41) is 8.74. The molecule has 0 aliphatic heterocycles. The maximum absolute atomic E-state index is 12.9. The van der Waals surface area contributed by atoms with Gasteiger partial charge in [-0.3, -0.25) is 0 Å². The Labute approximate surface area is 96.6 Å². The van der Waals surface area contributed by atoms with E-state index in [1.807, 2.05) is 0 Å². The quantitative estimate of drug-likeness (QED) is 0.816. The summed E-state index contributed by atoms with van der Waals surface area (Å²) in [4.78, 5) is 11.5. The maximum Gasteiger partial charge on any atom is 0.338 e. The zero-order valence-corrected chi connectivity index (χ0v) is 9.04. The van der Waals surface area contributed by atoms with E-state index in [2.05, 4.69) is 4.74 Å². The number of methoxy groups -OCH3 is 1. The summed E-state index contributed by atoms with van der Waals surface area (Å²) in [6.07, 6.45) is -2.94. The van der Waals surface area contributed by atoms with Crippen LogP contribution in [0.1, 0.15) is 33.5 Å². The molecule has 0 aliphatic rings. The maximum atomic E-state index is 12.9. The molecule has 17 heavy (non-hydrogen) atoms. The number of esters is 1. The van der Waals surface area contributed by atoms with Gasteiger partial charge in [-0.25, -0.2) is 13.6 Å².